The van der Waals surface area contributed by atoms with Crippen molar-refractivity contribution in [2.24, 2.45) is 17.6 Å². The molecule has 204 valence electrons. The molecule has 0 spiro atoms. The highest BCUT2D eigenvalue weighted by Crippen LogP contribution is 2.35. The van der Waals surface area contributed by atoms with E-state index < -0.39 is 23.6 Å². The number of benzene rings is 1. The third-order valence-electron chi connectivity index (χ3n) is 7.50. The highest BCUT2D eigenvalue weighted by molar-refractivity contribution is 5.94. The van der Waals surface area contributed by atoms with E-state index in [-0.39, 0.29) is 35.9 Å². The first-order chi connectivity index (χ1) is 18.0. The van der Waals surface area contributed by atoms with Gasteiger partial charge in [-0.25, -0.2) is 9.97 Å². The lowest BCUT2D eigenvalue weighted by molar-refractivity contribution is -0.138. The maximum atomic E-state index is 13.7. The molecule has 2 aliphatic rings. The number of aromatic nitrogens is 2. The number of likely N-dealkylation sites (tertiary alicyclic amines) is 1. The van der Waals surface area contributed by atoms with Crippen LogP contribution in [0.3, 0.4) is 0 Å². The number of nitrogens with two attached hydrogens (primary N) is 1. The van der Waals surface area contributed by atoms with Gasteiger partial charge < -0.3 is 20.9 Å². The van der Waals surface area contributed by atoms with Gasteiger partial charge in [0.2, 0.25) is 11.9 Å². The van der Waals surface area contributed by atoms with Crippen molar-refractivity contribution >= 4 is 23.5 Å². The van der Waals surface area contributed by atoms with Crippen LogP contribution in [0.2, 0.25) is 0 Å². The lowest BCUT2D eigenvalue weighted by Crippen LogP contribution is -2.44. The fraction of sp³-hybridized carbons (Fsp3) is 0.481. The van der Waals surface area contributed by atoms with Gasteiger partial charge in [-0.15, -0.1) is 0 Å². The molecule has 1 aliphatic carbocycles. The molecular formula is C27H33F3N6O2. The summed E-state index contributed by atoms with van der Waals surface area (Å²) >= 11 is 0. The van der Waals surface area contributed by atoms with E-state index in [2.05, 4.69) is 27.2 Å². The van der Waals surface area contributed by atoms with E-state index in [1.54, 1.807) is 29.2 Å². The zero-order valence-corrected chi connectivity index (χ0v) is 21.5. The standard InChI is InChI=1S/C27H33F3N6O2/c1-35-13-11-20(12-14-35)36(2)25(38)17-7-9-19(10-8-17)33-26-32-16-22(27(28,29)30)23(34-26)15-18-5-3-4-6-21(18)24(31)37/h3-4,7-10,16,18,20-21H,5-6,11-15H2,1-2H3,(H2,31,37)(H,32,33,34)/t18-,21-/m0/s1. The van der Waals surface area contributed by atoms with Gasteiger partial charge >= 0.3 is 6.18 Å². The van der Waals surface area contributed by atoms with Gasteiger partial charge in [-0.1, -0.05) is 12.2 Å². The van der Waals surface area contributed by atoms with Crippen molar-refractivity contribution in [1.82, 2.24) is 19.8 Å². The summed E-state index contributed by atoms with van der Waals surface area (Å²) in [5, 5.41) is 2.93. The monoisotopic (exact) mass is 530 g/mol. The lowest BCUT2D eigenvalue weighted by Gasteiger charge is -2.35. The van der Waals surface area contributed by atoms with Crippen LogP contribution in [0.1, 0.15) is 47.3 Å². The summed E-state index contributed by atoms with van der Waals surface area (Å²) in [5.74, 6) is -1.54. The van der Waals surface area contributed by atoms with Crippen LogP contribution in [0.5, 0.6) is 0 Å². The Hall–Kier alpha value is -3.47. The minimum Gasteiger partial charge on any atom is -0.369 e. The van der Waals surface area contributed by atoms with E-state index in [4.69, 9.17) is 5.73 Å². The molecule has 1 aliphatic heterocycles. The minimum absolute atomic E-state index is 0.00232. The van der Waals surface area contributed by atoms with E-state index in [0.717, 1.165) is 32.1 Å². The number of carbonyl (C=O) groups is 2. The van der Waals surface area contributed by atoms with Crippen molar-refractivity contribution in [2.45, 2.75) is 44.3 Å². The van der Waals surface area contributed by atoms with Crippen molar-refractivity contribution in [3.8, 4) is 0 Å². The molecule has 0 unspecified atom stereocenters. The maximum absolute atomic E-state index is 13.7. The number of amides is 2. The second-order valence-corrected chi connectivity index (χ2v) is 10.1. The molecule has 1 aromatic heterocycles. The molecular weight excluding hydrogens is 497 g/mol. The third-order valence-corrected chi connectivity index (χ3v) is 7.50. The van der Waals surface area contributed by atoms with Crippen molar-refractivity contribution in [1.29, 1.82) is 0 Å². The zero-order chi connectivity index (χ0) is 27.4. The maximum Gasteiger partial charge on any atom is 0.419 e. The summed E-state index contributed by atoms with van der Waals surface area (Å²) in [5.41, 5.74) is 5.43. The van der Waals surface area contributed by atoms with Gasteiger partial charge in [0.1, 0.15) is 0 Å². The number of carbonyl (C=O) groups excluding carboxylic acids is 2. The number of rotatable bonds is 7. The molecule has 0 saturated carbocycles. The molecule has 38 heavy (non-hydrogen) atoms. The number of nitrogens with zero attached hydrogens (tertiary/aromatic N) is 4. The first-order valence-corrected chi connectivity index (χ1v) is 12.7. The van der Waals surface area contributed by atoms with Crippen molar-refractivity contribution < 1.29 is 22.8 Å². The average Bonchev–Trinajstić information content (AvgIpc) is 2.88. The fourth-order valence-corrected chi connectivity index (χ4v) is 5.14. The van der Waals surface area contributed by atoms with Gasteiger partial charge in [-0.05, 0) is 82.4 Å². The van der Waals surface area contributed by atoms with Crippen LogP contribution in [0.4, 0.5) is 24.8 Å². The lowest BCUT2D eigenvalue weighted by atomic mass is 9.79. The highest BCUT2D eigenvalue weighted by Gasteiger charge is 2.37. The molecule has 1 fully saturated rings. The Morgan fingerprint density at radius 1 is 1.13 bits per heavy atom. The number of anilines is 2. The predicted octanol–water partition coefficient (Wildman–Crippen LogP) is 4.02. The summed E-state index contributed by atoms with van der Waals surface area (Å²) in [7, 11) is 3.88. The van der Waals surface area contributed by atoms with Crippen LogP contribution in [0, 0.1) is 11.8 Å². The first kappa shape index (κ1) is 27.6. The van der Waals surface area contributed by atoms with Gasteiger partial charge in [-0.2, -0.15) is 13.2 Å². The van der Waals surface area contributed by atoms with Gasteiger partial charge in [0.15, 0.2) is 0 Å². The van der Waals surface area contributed by atoms with Gasteiger partial charge in [-0.3, -0.25) is 9.59 Å². The van der Waals surface area contributed by atoms with Crippen LogP contribution < -0.4 is 11.1 Å². The van der Waals surface area contributed by atoms with E-state index in [1.807, 2.05) is 19.2 Å². The Morgan fingerprint density at radius 3 is 2.42 bits per heavy atom. The molecule has 11 heteroatoms. The minimum atomic E-state index is -4.64. The van der Waals surface area contributed by atoms with E-state index in [9.17, 15) is 22.8 Å². The molecule has 2 aromatic rings. The van der Waals surface area contributed by atoms with Crippen LogP contribution in [-0.4, -0.2) is 64.8 Å². The first-order valence-electron chi connectivity index (χ1n) is 12.7. The molecule has 8 nitrogen and oxygen atoms in total. The molecule has 1 aromatic carbocycles. The van der Waals surface area contributed by atoms with E-state index in [1.165, 1.54) is 0 Å². The number of hydrogen-bond donors (Lipinski definition) is 2. The molecule has 2 heterocycles. The summed E-state index contributed by atoms with van der Waals surface area (Å²) in [6.45, 7) is 1.89. The van der Waals surface area contributed by atoms with Gasteiger partial charge in [0.25, 0.3) is 5.91 Å². The highest BCUT2D eigenvalue weighted by atomic mass is 19.4. The second-order valence-electron chi connectivity index (χ2n) is 10.1. The number of nitrogens with one attached hydrogen (secondary N) is 1. The number of primary amides is 1. The molecule has 2 atom stereocenters. The molecule has 0 bridgehead atoms. The summed E-state index contributed by atoms with van der Waals surface area (Å²) in [6.07, 6.45) is 2.43. The largest absolute Gasteiger partial charge is 0.419 e. The summed E-state index contributed by atoms with van der Waals surface area (Å²) < 4.78 is 41.1. The van der Waals surface area contributed by atoms with E-state index in [0.29, 0.717) is 24.1 Å². The van der Waals surface area contributed by atoms with Gasteiger partial charge in [0, 0.05) is 36.5 Å². The van der Waals surface area contributed by atoms with Crippen LogP contribution in [0.15, 0.2) is 42.6 Å². The number of allylic oxidation sites excluding steroid dienone is 2. The van der Waals surface area contributed by atoms with Gasteiger partial charge in [0.05, 0.1) is 11.3 Å². The molecule has 1 saturated heterocycles. The fourth-order valence-electron chi connectivity index (χ4n) is 5.14. The molecule has 0 radical (unpaired) electrons. The third kappa shape index (κ3) is 6.50. The Kier molecular flexibility index (Phi) is 8.35. The van der Waals surface area contributed by atoms with Crippen LogP contribution in [-0.2, 0) is 17.4 Å². The number of piperidine rings is 1. The number of alkyl halides is 3. The summed E-state index contributed by atoms with van der Waals surface area (Å²) in [4.78, 5) is 36.9. The Morgan fingerprint density at radius 2 is 1.79 bits per heavy atom. The Balaban J connectivity index is 1.49. The zero-order valence-electron chi connectivity index (χ0n) is 21.5. The average molecular weight is 531 g/mol. The van der Waals surface area contributed by atoms with Crippen LogP contribution >= 0.6 is 0 Å². The predicted molar refractivity (Wildman–Crippen MR) is 138 cm³/mol. The number of halogens is 3. The van der Waals surface area contributed by atoms with Crippen molar-refractivity contribution in [3.05, 3.63) is 59.4 Å². The Labute approximate surface area is 220 Å². The SMILES string of the molecule is CN1CCC(N(C)C(=O)c2ccc(Nc3ncc(C(F)(F)F)c(C[C@@H]4CC=CC[C@@H]4C(N)=O)n3)cc2)CC1. The molecule has 4 rings (SSSR count). The smallest absolute Gasteiger partial charge is 0.369 e. The Bertz CT molecular complexity index is 1180. The van der Waals surface area contributed by atoms with Crippen LogP contribution in [0.25, 0.3) is 0 Å². The topological polar surface area (TPSA) is 104 Å². The molecule has 2 amide bonds. The molecule has 3 N–H and O–H groups in total. The van der Waals surface area contributed by atoms with Crippen molar-refractivity contribution in [2.75, 3.05) is 32.5 Å². The second kappa shape index (κ2) is 11.5. The van der Waals surface area contributed by atoms with E-state index >= 15 is 0 Å². The normalized spacial score (nSPS) is 20.8. The number of hydrogen-bond acceptors (Lipinski definition) is 6. The summed E-state index contributed by atoms with van der Waals surface area (Å²) in [6, 6.07) is 6.88. The quantitative estimate of drug-likeness (QED) is 0.524. The van der Waals surface area contributed by atoms with Crippen molar-refractivity contribution in [3.63, 3.8) is 0 Å².